The molecular formula is C8H19O5P. The van der Waals surface area contributed by atoms with Crippen LogP contribution >= 0.6 is 7.60 Å². The van der Waals surface area contributed by atoms with Gasteiger partial charge in [0, 0.05) is 0 Å². The Hall–Kier alpha value is 0.0700. The maximum absolute atomic E-state index is 11.8. The van der Waals surface area contributed by atoms with Crippen LogP contribution in [0.1, 0.15) is 20.3 Å². The molecule has 0 saturated heterocycles. The summed E-state index contributed by atoms with van der Waals surface area (Å²) in [4.78, 5) is 0. The number of hydrogen-bond acceptors (Lipinski definition) is 5. The van der Waals surface area contributed by atoms with Crippen molar-refractivity contribution in [2.75, 3.05) is 26.0 Å². The molecule has 86 valence electrons. The van der Waals surface area contributed by atoms with Crippen molar-refractivity contribution in [2.45, 2.75) is 26.4 Å². The molecule has 0 aromatic rings. The summed E-state index contributed by atoms with van der Waals surface area (Å²) in [5.74, 6) is 0. The summed E-state index contributed by atoms with van der Waals surface area (Å²) >= 11 is 0. The number of aliphatic hydroxyl groups is 2. The number of hydrogen-bond donors (Lipinski definition) is 2. The first kappa shape index (κ1) is 14.1. The van der Waals surface area contributed by atoms with Gasteiger partial charge in [0.1, 0.15) is 0 Å². The molecule has 2 N–H and O–H groups in total. The van der Waals surface area contributed by atoms with Gasteiger partial charge in [-0.3, -0.25) is 4.57 Å². The van der Waals surface area contributed by atoms with Crippen LogP contribution in [-0.4, -0.2) is 42.3 Å². The Morgan fingerprint density at radius 2 is 1.79 bits per heavy atom. The zero-order valence-corrected chi connectivity index (χ0v) is 9.57. The molecule has 0 rings (SSSR count). The fourth-order valence-electron chi connectivity index (χ4n) is 0.958. The second-order valence-corrected chi connectivity index (χ2v) is 4.98. The summed E-state index contributed by atoms with van der Waals surface area (Å²) < 4.78 is 21.8. The van der Waals surface area contributed by atoms with Crippen LogP contribution in [-0.2, 0) is 13.6 Å². The first-order chi connectivity index (χ1) is 6.58. The normalized spacial score (nSPS) is 14.3. The molecule has 0 unspecified atom stereocenters. The molecule has 0 spiro atoms. The highest BCUT2D eigenvalue weighted by Gasteiger charge is 2.24. The SMILES string of the molecule is CCOP(=O)(CC[C@H](O)CO)OCC. The van der Waals surface area contributed by atoms with Gasteiger partial charge in [0.2, 0.25) is 0 Å². The molecule has 0 heterocycles. The van der Waals surface area contributed by atoms with Gasteiger partial charge in [-0.25, -0.2) is 0 Å². The third-order valence-corrected chi connectivity index (χ3v) is 3.71. The molecule has 6 heteroatoms. The van der Waals surface area contributed by atoms with Crippen molar-refractivity contribution in [1.29, 1.82) is 0 Å². The van der Waals surface area contributed by atoms with Crippen molar-refractivity contribution >= 4 is 7.60 Å². The van der Waals surface area contributed by atoms with E-state index in [1.165, 1.54) is 0 Å². The monoisotopic (exact) mass is 226 g/mol. The number of rotatable bonds is 8. The Balaban J connectivity index is 4.02. The minimum absolute atomic E-state index is 0.135. The van der Waals surface area contributed by atoms with Crippen molar-refractivity contribution in [3.63, 3.8) is 0 Å². The fraction of sp³-hybridized carbons (Fsp3) is 1.00. The van der Waals surface area contributed by atoms with E-state index in [-0.39, 0.29) is 19.2 Å². The predicted molar refractivity (Wildman–Crippen MR) is 53.4 cm³/mol. The molecule has 0 fully saturated rings. The highest BCUT2D eigenvalue weighted by atomic mass is 31.2. The van der Waals surface area contributed by atoms with E-state index < -0.39 is 13.7 Å². The minimum atomic E-state index is -3.06. The van der Waals surface area contributed by atoms with Crippen LogP contribution in [0.15, 0.2) is 0 Å². The van der Waals surface area contributed by atoms with E-state index in [0.29, 0.717) is 13.2 Å². The second kappa shape index (κ2) is 7.37. The van der Waals surface area contributed by atoms with Gasteiger partial charge in [-0.15, -0.1) is 0 Å². The summed E-state index contributed by atoms with van der Waals surface area (Å²) in [5.41, 5.74) is 0. The molecular weight excluding hydrogens is 207 g/mol. The Kier molecular flexibility index (Phi) is 7.41. The smallest absolute Gasteiger partial charge is 0.330 e. The molecule has 0 aromatic carbocycles. The lowest BCUT2D eigenvalue weighted by atomic mass is 10.3. The average Bonchev–Trinajstić information content (AvgIpc) is 2.15. The molecule has 0 saturated carbocycles. The summed E-state index contributed by atoms with van der Waals surface area (Å²) in [6.07, 6.45) is -0.506. The van der Waals surface area contributed by atoms with Crippen molar-refractivity contribution in [1.82, 2.24) is 0 Å². The molecule has 5 nitrogen and oxygen atoms in total. The third-order valence-electron chi connectivity index (χ3n) is 1.60. The topological polar surface area (TPSA) is 76.0 Å². The molecule has 14 heavy (non-hydrogen) atoms. The van der Waals surface area contributed by atoms with Crippen LogP contribution in [0, 0.1) is 0 Å². The van der Waals surface area contributed by atoms with Gasteiger partial charge in [0.25, 0.3) is 0 Å². The van der Waals surface area contributed by atoms with Gasteiger partial charge in [-0.1, -0.05) is 0 Å². The maximum atomic E-state index is 11.8. The summed E-state index contributed by atoms with van der Waals surface area (Å²) in [5, 5.41) is 17.6. The van der Waals surface area contributed by atoms with Crippen LogP contribution in [0.5, 0.6) is 0 Å². The first-order valence-electron chi connectivity index (χ1n) is 4.75. The van der Waals surface area contributed by atoms with Gasteiger partial charge in [-0.05, 0) is 20.3 Å². The lowest BCUT2D eigenvalue weighted by molar-refractivity contribution is 0.0906. The highest BCUT2D eigenvalue weighted by Crippen LogP contribution is 2.48. The summed E-state index contributed by atoms with van der Waals surface area (Å²) in [6.45, 7) is 3.75. The largest absolute Gasteiger partial charge is 0.394 e. The van der Waals surface area contributed by atoms with Gasteiger partial charge in [0.05, 0.1) is 32.1 Å². The molecule has 0 radical (unpaired) electrons. The van der Waals surface area contributed by atoms with Gasteiger partial charge in [0.15, 0.2) is 0 Å². The van der Waals surface area contributed by atoms with E-state index in [4.69, 9.17) is 19.3 Å². The predicted octanol–water partition coefficient (Wildman–Crippen LogP) is 0.996. The quantitative estimate of drug-likeness (QED) is 0.604. The molecule has 0 aliphatic carbocycles. The van der Waals surface area contributed by atoms with Crippen molar-refractivity contribution in [3.05, 3.63) is 0 Å². The van der Waals surface area contributed by atoms with Crippen LogP contribution in [0.2, 0.25) is 0 Å². The third kappa shape index (κ3) is 5.73. The summed E-state index contributed by atoms with van der Waals surface area (Å²) in [7, 11) is -3.06. The lowest BCUT2D eigenvalue weighted by Gasteiger charge is -2.17. The molecule has 0 bridgehead atoms. The van der Waals surface area contributed by atoms with Crippen molar-refractivity contribution in [2.24, 2.45) is 0 Å². The molecule has 0 amide bonds. The average molecular weight is 226 g/mol. The van der Waals surface area contributed by atoms with Crippen molar-refractivity contribution < 1.29 is 23.8 Å². The molecule has 0 aliphatic rings. The zero-order chi connectivity index (χ0) is 11.0. The van der Waals surface area contributed by atoms with Crippen LogP contribution < -0.4 is 0 Å². The van der Waals surface area contributed by atoms with Crippen LogP contribution in [0.3, 0.4) is 0 Å². The lowest BCUT2D eigenvalue weighted by Crippen LogP contribution is -2.14. The van der Waals surface area contributed by atoms with E-state index in [1.54, 1.807) is 13.8 Å². The molecule has 0 aliphatic heterocycles. The van der Waals surface area contributed by atoms with E-state index in [9.17, 15) is 4.57 Å². The molecule has 0 aromatic heterocycles. The van der Waals surface area contributed by atoms with Crippen molar-refractivity contribution in [3.8, 4) is 0 Å². The van der Waals surface area contributed by atoms with E-state index in [1.807, 2.05) is 0 Å². The fourth-order valence-corrected chi connectivity index (χ4v) is 2.69. The van der Waals surface area contributed by atoms with E-state index in [2.05, 4.69) is 0 Å². The Morgan fingerprint density at radius 3 is 2.14 bits per heavy atom. The van der Waals surface area contributed by atoms with Gasteiger partial charge < -0.3 is 19.3 Å². The Labute approximate surface area is 84.6 Å². The molecule has 1 atom stereocenters. The van der Waals surface area contributed by atoms with Gasteiger partial charge >= 0.3 is 7.60 Å². The van der Waals surface area contributed by atoms with Gasteiger partial charge in [-0.2, -0.15) is 0 Å². The Bertz CT molecular complexity index is 175. The van der Waals surface area contributed by atoms with Crippen LogP contribution in [0.25, 0.3) is 0 Å². The first-order valence-corrected chi connectivity index (χ1v) is 6.47. The Morgan fingerprint density at radius 1 is 1.29 bits per heavy atom. The minimum Gasteiger partial charge on any atom is -0.394 e. The summed E-state index contributed by atoms with van der Waals surface area (Å²) in [6, 6.07) is 0. The zero-order valence-electron chi connectivity index (χ0n) is 8.68. The van der Waals surface area contributed by atoms with E-state index >= 15 is 0 Å². The van der Waals surface area contributed by atoms with Crippen LogP contribution in [0.4, 0.5) is 0 Å². The number of aliphatic hydroxyl groups excluding tert-OH is 2. The standard InChI is InChI=1S/C8H19O5P/c1-3-12-14(11,13-4-2)6-5-8(10)7-9/h8-10H,3-7H2,1-2H3/t8-/m0/s1. The maximum Gasteiger partial charge on any atom is 0.330 e. The highest BCUT2D eigenvalue weighted by molar-refractivity contribution is 7.53. The van der Waals surface area contributed by atoms with E-state index in [0.717, 1.165) is 0 Å². The second-order valence-electron chi connectivity index (χ2n) is 2.80.